The van der Waals surface area contributed by atoms with Crippen molar-refractivity contribution in [3.63, 3.8) is 0 Å². The van der Waals surface area contributed by atoms with E-state index in [1.807, 2.05) is 36.4 Å². The van der Waals surface area contributed by atoms with Crippen molar-refractivity contribution in [1.82, 2.24) is 5.32 Å². The molecule has 1 saturated heterocycles. The molecule has 0 spiro atoms. The average Bonchev–Trinajstić information content (AvgIpc) is 3.16. The van der Waals surface area contributed by atoms with E-state index >= 15 is 0 Å². The van der Waals surface area contributed by atoms with Gasteiger partial charge in [-0.2, -0.15) is 0 Å². The molecule has 0 saturated carbocycles. The number of carbonyl (C=O) groups is 1. The van der Waals surface area contributed by atoms with Gasteiger partial charge in [-0.1, -0.05) is 41.9 Å². The molecule has 0 aliphatic carbocycles. The van der Waals surface area contributed by atoms with Crippen molar-refractivity contribution in [2.45, 2.75) is 6.23 Å². The third-order valence-corrected chi connectivity index (χ3v) is 4.83. The van der Waals surface area contributed by atoms with Gasteiger partial charge in [0.25, 0.3) is 5.91 Å². The van der Waals surface area contributed by atoms with Crippen molar-refractivity contribution < 1.29 is 14.3 Å². The number of nitrogens with one attached hydrogen (secondary N) is 1. The van der Waals surface area contributed by atoms with Gasteiger partial charge in [-0.05, 0) is 54.7 Å². The summed E-state index contributed by atoms with van der Waals surface area (Å²) in [5.74, 6) is 0.686. The lowest BCUT2D eigenvalue weighted by Crippen LogP contribution is -2.56. The maximum atomic E-state index is 13.0. The van der Waals surface area contributed by atoms with E-state index in [2.05, 4.69) is 5.32 Å². The van der Waals surface area contributed by atoms with Crippen LogP contribution < -0.4 is 10.2 Å². The van der Waals surface area contributed by atoms with Crippen LogP contribution in [0.15, 0.2) is 76.7 Å². The molecule has 4 rings (SSSR count). The second-order valence-corrected chi connectivity index (χ2v) is 6.96. The largest absolute Gasteiger partial charge is 0.457 e. The summed E-state index contributed by atoms with van der Waals surface area (Å²) < 4.78 is 5.82. The highest BCUT2D eigenvalue weighted by atomic mass is 35.5. The number of aliphatic hydroxyl groups excluding tert-OH is 1. The molecule has 0 radical (unpaired) electrons. The smallest absolute Gasteiger partial charge is 0.265 e. The first-order chi connectivity index (χ1) is 13.5. The van der Waals surface area contributed by atoms with E-state index in [0.29, 0.717) is 22.2 Å². The Kier molecular flexibility index (Phi) is 5.00. The fraction of sp³-hybridized carbons (Fsp3) is 0.0476. The highest BCUT2D eigenvalue weighted by Crippen LogP contribution is 2.27. The Hall–Kier alpha value is -2.93. The fourth-order valence-corrected chi connectivity index (χ4v) is 3.33. The van der Waals surface area contributed by atoms with Crippen LogP contribution in [-0.4, -0.2) is 22.4 Å². The molecule has 1 aromatic heterocycles. The van der Waals surface area contributed by atoms with Gasteiger partial charge in [-0.25, -0.2) is 0 Å². The lowest BCUT2D eigenvalue weighted by molar-refractivity contribution is -0.115. The van der Waals surface area contributed by atoms with E-state index in [-0.39, 0.29) is 10.7 Å². The number of rotatable bonds is 3. The number of hydrogen-bond acceptors (Lipinski definition) is 4. The highest BCUT2D eigenvalue weighted by Gasteiger charge is 2.34. The van der Waals surface area contributed by atoms with Crippen LogP contribution >= 0.6 is 23.8 Å². The molecule has 1 aliphatic rings. The molecule has 7 heteroatoms. The Labute approximate surface area is 171 Å². The minimum absolute atomic E-state index is 0.112. The van der Waals surface area contributed by atoms with Gasteiger partial charge in [-0.3, -0.25) is 9.69 Å². The molecule has 2 N–H and O–H groups in total. The summed E-state index contributed by atoms with van der Waals surface area (Å²) in [5, 5.41) is 13.7. The molecule has 140 valence electrons. The maximum Gasteiger partial charge on any atom is 0.265 e. The van der Waals surface area contributed by atoms with E-state index < -0.39 is 12.1 Å². The number of hydrogen-bond donors (Lipinski definition) is 2. The third-order valence-electron chi connectivity index (χ3n) is 4.28. The summed E-state index contributed by atoms with van der Waals surface area (Å²) in [7, 11) is 0. The van der Waals surface area contributed by atoms with Gasteiger partial charge in [-0.15, -0.1) is 0 Å². The summed E-state index contributed by atoms with van der Waals surface area (Å²) in [6.07, 6.45) is 0.283. The first kappa shape index (κ1) is 18.4. The van der Waals surface area contributed by atoms with Crippen molar-refractivity contribution in [2.75, 3.05) is 4.90 Å². The van der Waals surface area contributed by atoms with Gasteiger partial charge in [0.2, 0.25) is 0 Å². The third kappa shape index (κ3) is 3.57. The first-order valence-corrected chi connectivity index (χ1v) is 9.27. The molecule has 28 heavy (non-hydrogen) atoms. The summed E-state index contributed by atoms with van der Waals surface area (Å²) in [6.45, 7) is 0. The fourth-order valence-electron chi connectivity index (χ4n) is 2.90. The number of anilines is 1. The Morgan fingerprint density at radius 3 is 2.50 bits per heavy atom. The molecule has 1 unspecified atom stereocenters. The van der Waals surface area contributed by atoms with Crippen LogP contribution in [-0.2, 0) is 4.79 Å². The van der Waals surface area contributed by atoms with Crippen LogP contribution in [0.4, 0.5) is 5.69 Å². The molecular formula is C21H15ClN2O3S. The molecule has 1 amide bonds. The van der Waals surface area contributed by atoms with E-state index in [9.17, 15) is 9.90 Å². The monoisotopic (exact) mass is 410 g/mol. The maximum absolute atomic E-state index is 13.0. The molecule has 1 aliphatic heterocycles. The van der Waals surface area contributed by atoms with Crippen LogP contribution in [0.25, 0.3) is 17.4 Å². The normalized spacial score (nSPS) is 18.4. The molecule has 5 nitrogen and oxygen atoms in total. The number of furan rings is 1. The van der Waals surface area contributed by atoms with Crippen molar-refractivity contribution in [3.05, 3.63) is 83.1 Å². The van der Waals surface area contributed by atoms with Gasteiger partial charge in [0.1, 0.15) is 11.5 Å². The number of amides is 1. The van der Waals surface area contributed by atoms with Gasteiger partial charge in [0, 0.05) is 10.6 Å². The number of carbonyl (C=O) groups excluding carboxylic acids is 1. The van der Waals surface area contributed by atoms with Crippen LogP contribution in [0.5, 0.6) is 0 Å². The summed E-state index contributed by atoms with van der Waals surface area (Å²) in [4.78, 5) is 14.3. The number of thiocarbonyl (C=S) groups is 1. The van der Waals surface area contributed by atoms with Crippen LogP contribution in [0.3, 0.4) is 0 Å². The molecule has 3 aromatic rings. The van der Waals surface area contributed by atoms with Crippen LogP contribution in [0, 0.1) is 0 Å². The zero-order chi connectivity index (χ0) is 19.7. The zero-order valence-corrected chi connectivity index (χ0v) is 16.1. The van der Waals surface area contributed by atoms with Gasteiger partial charge in [0.15, 0.2) is 11.3 Å². The summed E-state index contributed by atoms with van der Waals surface area (Å²) >= 11 is 11.2. The number of aliphatic hydroxyl groups is 1. The quantitative estimate of drug-likeness (QED) is 0.500. The number of halogens is 1. The van der Waals surface area contributed by atoms with Crippen molar-refractivity contribution in [3.8, 4) is 11.3 Å². The predicted octanol–water partition coefficient (Wildman–Crippen LogP) is 4.22. The lowest BCUT2D eigenvalue weighted by atomic mass is 10.1. The Bertz CT molecular complexity index is 1060. The SMILES string of the molecule is O=C1/C(=C/c2ccc(-c3ccccc3)o2)C(O)NC(=S)N1c1ccc(Cl)cc1. The van der Waals surface area contributed by atoms with Crippen molar-refractivity contribution in [2.24, 2.45) is 0 Å². The zero-order valence-electron chi connectivity index (χ0n) is 14.5. The van der Waals surface area contributed by atoms with Crippen molar-refractivity contribution in [1.29, 1.82) is 0 Å². The van der Waals surface area contributed by atoms with E-state index in [1.165, 1.54) is 11.0 Å². The summed E-state index contributed by atoms with van der Waals surface area (Å²) in [5.41, 5.74) is 1.59. The summed E-state index contributed by atoms with van der Waals surface area (Å²) in [6, 6.07) is 19.9. The number of nitrogens with zero attached hydrogens (tertiary/aromatic N) is 1. The predicted molar refractivity (Wildman–Crippen MR) is 113 cm³/mol. The first-order valence-electron chi connectivity index (χ1n) is 8.48. The second-order valence-electron chi connectivity index (χ2n) is 6.14. The topological polar surface area (TPSA) is 65.7 Å². The molecule has 1 fully saturated rings. The van der Waals surface area contributed by atoms with Gasteiger partial charge in [0.05, 0.1) is 11.3 Å². The lowest BCUT2D eigenvalue weighted by Gasteiger charge is -2.33. The Morgan fingerprint density at radius 1 is 1.07 bits per heavy atom. The standard InChI is InChI=1S/C21H15ClN2O3S/c22-14-6-8-15(9-7-14)24-20(26)17(19(25)23-21(24)28)12-16-10-11-18(27-16)13-4-2-1-3-5-13/h1-12,19,25H,(H,23,28)/b17-12+. The number of benzene rings is 2. The second kappa shape index (κ2) is 7.59. The molecule has 2 aromatic carbocycles. The van der Waals surface area contributed by atoms with Crippen LogP contribution in [0.1, 0.15) is 5.76 Å². The molecule has 1 atom stereocenters. The van der Waals surface area contributed by atoms with Crippen molar-refractivity contribution >= 4 is 46.6 Å². The molecule has 0 bridgehead atoms. The highest BCUT2D eigenvalue weighted by molar-refractivity contribution is 7.80. The Morgan fingerprint density at radius 2 is 1.79 bits per heavy atom. The van der Waals surface area contributed by atoms with Gasteiger partial charge < -0.3 is 14.8 Å². The van der Waals surface area contributed by atoms with E-state index in [1.54, 1.807) is 30.3 Å². The van der Waals surface area contributed by atoms with E-state index in [4.69, 9.17) is 28.2 Å². The minimum atomic E-state index is -1.23. The molecular weight excluding hydrogens is 396 g/mol. The minimum Gasteiger partial charge on any atom is -0.457 e. The Balaban J connectivity index is 1.66. The van der Waals surface area contributed by atoms with E-state index in [0.717, 1.165) is 5.56 Å². The van der Waals surface area contributed by atoms with Gasteiger partial charge >= 0.3 is 0 Å². The average molecular weight is 411 g/mol. The molecule has 2 heterocycles. The van der Waals surface area contributed by atoms with Crippen LogP contribution in [0.2, 0.25) is 5.02 Å².